The second-order valence-corrected chi connectivity index (χ2v) is 5.46. The number of methoxy groups -OCH3 is 2. The molecule has 126 valence electrons. The van der Waals surface area contributed by atoms with Gasteiger partial charge in [0.15, 0.2) is 0 Å². The normalized spacial score (nSPS) is 27.7. The number of carboxylic acid groups (broad SMARTS) is 1. The van der Waals surface area contributed by atoms with Crippen molar-refractivity contribution < 1.29 is 24.2 Å². The van der Waals surface area contributed by atoms with Crippen molar-refractivity contribution >= 4 is 11.9 Å². The van der Waals surface area contributed by atoms with Crippen molar-refractivity contribution in [2.75, 3.05) is 20.8 Å². The number of hydrogen-bond acceptors (Lipinski definition) is 5. The molecule has 0 spiro atoms. The fraction of sp³-hybridized carbons (Fsp3) is 0.733. The molecule has 5 atom stereocenters. The molecule has 1 heterocycles. The van der Waals surface area contributed by atoms with Crippen molar-refractivity contribution in [1.29, 1.82) is 0 Å². The van der Waals surface area contributed by atoms with Crippen LogP contribution in [0.1, 0.15) is 20.3 Å². The second kappa shape index (κ2) is 8.87. The van der Waals surface area contributed by atoms with E-state index in [2.05, 4.69) is 10.6 Å². The summed E-state index contributed by atoms with van der Waals surface area (Å²) in [5.74, 6) is -1.08. The molecule has 1 rings (SSSR count). The van der Waals surface area contributed by atoms with Gasteiger partial charge in [-0.05, 0) is 19.3 Å². The van der Waals surface area contributed by atoms with Crippen LogP contribution in [0.3, 0.4) is 0 Å². The molecule has 22 heavy (non-hydrogen) atoms. The Labute approximate surface area is 131 Å². The highest BCUT2D eigenvalue weighted by Gasteiger charge is 2.43. The van der Waals surface area contributed by atoms with E-state index in [1.807, 2.05) is 19.1 Å². The first-order valence-electron chi connectivity index (χ1n) is 7.35. The second-order valence-electron chi connectivity index (χ2n) is 5.46. The first-order chi connectivity index (χ1) is 10.4. The number of carbonyl (C=O) groups is 2. The van der Waals surface area contributed by atoms with Gasteiger partial charge in [0, 0.05) is 27.2 Å². The monoisotopic (exact) mass is 314 g/mol. The molecule has 7 nitrogen and oxygen atoms in total. The van der Waals surface area contributed by atoms with Crippen molar-refractivity contribution in [3.63, 3.8) is 0 Å². The third kappa shape index (κ3) is 4.79. The Hall–Kier alpha value is -1.44. The average Bonchev–Trinajstić information content (AvgIpc) is 2.87. The standard InChI is InChI=1S/C15H26N2O5/c1-5-6-10-7-11(15(19)20)17-13(10)14(16-9(2)18)12(22-4)8-21-3/h5-6,10-14,17H,7-8H2,1-4H3,(H,16,18)(H,19,20)/b6-5+. The van der Waals surface area contributed by atoms with Crippen LogP contribution in [0.4, 0.5) is 0 Å². The molecule has 0 aromatic rings. The Morgan fingerprint density at radius 1 is 1.45 bits per heavy atom. The minimum absolute atomic E-state index is 0.00236. The average molecular weight is 314 g/mol. The lowest BCUT2D eigenvalue weighted by atomic mass is 9.90. The Balaban J connectivity index is 3.02. The summed E-state index contributed by atoms with van der Waals surface area (Å²) in [6.07, 6.45) is 3.97. The van der Waals surface area contributed by atoms with Gasteiger partial charge in [-0.25, -0.2) is 0 Å². The first kappa shape index (κ1) is 18.6. The summed E-state index contributed by atoms with van der Waals surface area (Å²) in [6.45, 7) is 3.63. The molecule has 3 N–H and O–H groups in total. The molecule has 5 unspecified atom stereocenters. The SMILES string of the molecule is C/C=C/C1CC(C(=O)O)NC1C(NC(C)=O)C(COC)OC. The molecule has 1 fully saturated rings. The van der Waals surface area contributed by atoms with E-state index in [0.717, 1.165) is 0 Å². The van der Waals surface area contributed by atoms with Crippen LogP contribution in [0.25, 0.3) is 0 Å². The van der Waals surface area contributed by atoms with E-state index in [1.165, 1.54) is 6.92 Å². The smallest absolute Gasteiger partial charge is 0.320 e. The molecule has 0 aromatic heterocycles. The van der Waals surface area contributed by atoms with E-state index in [1.54, 1.807) is 14.2 Å². The van der Waals surface area contributed by atoms with Crippen LogP contribution in [0, 0.1) is 5.92 Å². The fourth-order valence-electron chi connectivity index (χ4n) is 2.96. The largest absolute Gasteiger partial charge is 0.480 e. The minimum Gasteiger partial charge on any atom is -0.480 e. The third-order valence-electron chi connectivity index (χ3n) is 3.89. The number of ether oxygens (including phenoxy) is 2. The molecule has 1 saturated heterocycles. The number of nitrogens with one attached hydrogen (secondary N) is 2. The zero-order valence-corrected chi connectivity index (χ0v) is 13.5. The highest BCUT2D eigenvalue weighted by Crippen LogP contribution is 2.26. The van der Waals surface area contributed by atoms with Crippen LogP contribution in [0.2, 0.25) is 0 Å². The van der Waals surface area contributed by atoms with Crippen LogP contribution in [0.5, 0.6) is 0 Å². The molecule has 0 aliphatic carbocycles. The molecular formula is C15H26N2O5. The van der Waals surface area contributed by atoms with Gasteiger partial charge < -0.3 is 19.9 Å². The minimum atomic E-state index is -0.890. The van der Waals surface area contributed by atoms with Crippen LogP contribution in [-0.4, -0.2) is 62.0 Å². The predicted octanol–water partition coefficient (Wildman–Crippen LogP) is 0.160. The maximum Gasteiger partial charge on any atom is 0.320 e. The molecule has 0 aromatic carbocycles. The van der Waals surface area contributed by atoms with Gasteiger partial charge >= 0.3 is 5.97 Å². The molecule has 1 aliphatic heterocycles. The number of aliphatic carboxylic acids is 1. The number of rotatable bonds is 8. The van der Waals surface area contributed by atoms with Gasteiger partial charge in [-0.1, -0.05) is 12.2 Å². The number of carbonyl (C=O) groups excluding carboxylic acids is 1. The molecule has 1 aliphatic rings. The highest BCUT2D eigenvalue weighted by atomic mass is 16.5. The maximum atomic E-state index is 11.5. The van der Waals surface area contributed by atoms with Gasteiger partial charge in [-0.15, -0.1) is 0 Å². The lowest BCUT2D eigenvalue weighted by Gasteiger charge is -2.33. The molecule has 7 heteroatoms. The van der Waals surface area contributed by atoms with E-state index in [4.69, 9.17) is 9.47 Å². The van der Waals surface area contributed by atoms with Crippen molar-refractivity contribution in [1.82, 2.24) is 10.6 Å². The summed E-state index contributed by atoms with van der Waals surface area (Å²) >= 11 is 0. The topological polar surface area (TPSA) is 96.9 Å². The lowest BCUT2D eigenvalue weighted by molar-refractivity contribution is -0.139. The third-order valence-corrected chi connectivity index (χ3v) is 3.89. The lowest BCUT2D eigenvalue weighted by Crippen LogP contribution is -2.58. The fourth-order valence-corrected chi connectivity index (χ4v) is 2.96. The molecule has 0 bridgehead atoms. The van der Waals surface area contributed by atoms with Gasteiger partial charge in [-0.3, -0.25) is 14.9 Å². The van der Waals surface area contributed by atoms with E-state index in [9.17, 15) is 14.7 Å². The summed E-state index contributed by atoms with van der Waals surface area (Å²) < 4.78 is 10.6. The Bertz CT molecular complexity index is 413. The number of hydrogen-bond donors (Lipinski definition) is 3. The summed E-state index contributed by atoms with van der Waals surface area (Å²) in [7, 11) is 3.11. The van der Waals surface area contributed by atoms with Crippen molar-refractivity contribution in [3.05, 3.63) is 12.2 Å². The Kier molecular flexibility index (Phi) is 7.50. The van der Waals surface area contributed by atoms with Gasteiger partial charge in [0.1, 0.15) is 12.1 Å². The Morgan fingerprint density at radius 2 is 2.14 bits per heavy atom. The summed E-state index contributed by atoms with van der Waals surface area (Å²) in [5, 5.41) is 15.2. The van der Waals surface area contributed by atoms with E-state index in [0.29, 0.717) is 13.0 Å². The zero-order chi connectivity index (χ0) is 16.7. The Morgan fingerprint density at radius 3 is 2.59 bits per heavy atom. The van der Waals surface area contributed by atoms with Crippen LogP contribution < -0.4 is 10.6 Å². The van der Waals surface area contributed by atoms with E-state index >= 15 is 0 Å². The number of carboxylic acids is 1. The van der Waals surface area contributed by atoms with Crippen LogP contribution in [0.15, 0.2) is 12.2 Å². The maximum absolute atomic E-state index is 11.5. The van der Waals surface area contributed by atoms with Gasteiger partial charge in [-0.2, -0.15) is 0 Å². The summed E-state index contributed by atoms with van der Waals surface area (Å²) in [4.78, 5) is 22.8. The van der Waals surface area contributed by atoms with Crippen molar-refractivity contribution in [2.45, 2.75) is 44.5 Å². The predicted molar refractivity (Wildman–Crippen MR) is 81.5 cm³/mol. The number of amides is 1. The van der Waals surface area contributed by atoms with Gasteiger partial charge in [0.05, 0.1) is 12.6 Å². The highest BCUT2D eigenvalue weighted by molar-refractivity contribution is 5.75. The summed E-state index contributed by atoms with van der Waals surface area (Å²) in [6, 6.07) is -1.25. The van der Waals surface area contributed by atoms with Crippen LogP contribution in [-0.2, 0) is 19.1 Å². The van der Waals surface area contributed by atoms with Gasteiger partial charge in [0.2, 0.25) is 5.91 Å². The molecule has 1 amide bonds. The quantitative estimate of drug-likeness (QED) is 0.552. The van der Waals surface area contributed by atoms with Crippen LogP contribution >= 0.6 is 0 Å². The molecular weight excluding hydrogens is 288 g/mol. The zero-order valence-electron chi connectivity index (χ0n) is 13.5. The van der Waals surface area contributed by atoms with Gasteiger partial charge in [0.25, 0.3) is 0 Å². The van der Waals surface area contributed by atoms with E-state index in [-0.39, 0.29) is 30.0 Å². The number of allylic oxidation sites excluding steroid dienone is 1. The first-order valence-corrected chi connectivity index (χ1v) is 7.35. The van der Waals surface area contributed by atoms with Crippen molar-refractivity contribution in [3.8, 4) is 0 Å². The molecule has 0 radical (unpaired) electrons. The molecule has 0 saturated carbocycles. The summed E-state index contributed by atoms with van der Waals surface area (Å²) in [5.41, 5.74) is 0. The van der Waals surface area contributed by atoms with Crippen molar-refractivity contribution in [2.24, 2.45) is 5.92 Å². The van der Waals surface area contributed by atoms with E-state index < -0.39 is 12.0 Å².